The molecule has 1 fully saturated rings. The van der Waals surface area contributed by atoms with Gasteiger partial charge in [-0.2, -0.15) is 0 Å². The number of allylic oxidation sites excluding steroid dienone is 1. The minimum atomic E-state index is -0.859. The summed E-state index contributed by atoms with van der Waals surface area (Å²) >= 11 is 0. The first-order valence-electron chi connectivity index (χ1n) is 9.63. The normalized spacial score (nSPS) is 22.2. The lowest BCUT2D eigenvalue weighted by Crippen LogP contribution is -2.54. The van der Waals surface area contributed by atoms with Gasteiger partial charge in [-0.05, 0) is 55.5 Å². The smallest absolute Gasteiger partial charge is 0.252 e. The van der Waals surface area contributed by atoms with Crippen molar-refractivity contribution in [3.8, 4) is 11.3 Å². The van der Waals surface area contributed by atoms with Gasteiger partial charge in [0.25, 0.3) is 5.56 Å². The van der Waals surface area contributed by atoms with E-state index in [2.05, 4.69) is 33.6 Å². The van der Waals surface area contributed by atoms with Gasteiger partial charge in [-0.3, -0.25) is 9.59 Å². The number of carbonyl (C=O) groups is 1. The van der Waals surface area contributed by atoms with Crippen LogP contribution in [0.15, 0.2) is 60.0 Å². The van der Waals surface area contributed by atoms with E-state index >= 15 is 0 Å². The van der Waals surface area contributed by atoms with Gasteiger partial charge in [-0.1, -0.05) is 18.2 Å². The molecule has 0 spiro atoms. The second-order valence-corrected chi connectivity index (χ2v) is 7.78. The van der Waals surface area contributed by atoms with Crippen molar-refractivity contribution < 1.29 is 4.79 Å². The third-order valence-corrected chi connectivity index (χ3v) is 6.18. The van der Waals surface area contributed by atoms with Crippen LogP contribution in [0.3, 0.4) is 0 Å². The second kappa shape index (κ2) is 6.82. The van der Waals surface area contributed by atoms with Crippen LogP contribution in [-0.2, 0) is 17.3 Å². The van der Waals surface area contributed by atoms with Crippen LogP contribution in [0.25, 0.3) is 22.2 Å². The van der Waals surface area contributed by atoms with Crippen molar-refractivity contribution >= 4 is 16.8 Å². The Bertz CT molecular complexity index is 1120. The van der Waals surface area contributed by atoms with Crippen molar-refractivity contribution in [3.63, 3.8) is 0 Å². The van der Waals surface area contributed by atoms with Crippen LogP contribution in [0.2, 0.25) is 0 Å². The molecule has 5 nitrogen and oxygen atoms in total. The van der Waals surface area contributed by atoms with Crippen LogP contribution in [0, 0.1) is 5.92 Å². The van der Waals surface area contributed by atoms with Crippen molar-refractivity contribution in [1.29, 1.82) is 0 Å². The summed E-state index contributed by atoms with van der Waals surface area (Å²) in [5.41, 5.74) is 2.28. The van der Waals surface area contributed by atoms with E-state index in [0.29, 0.717) is 18.5 Å². The highest BCUT2D eigenvalue weighted by atomic mass is 16.2. The van der Waals surface area contributed by atoms with Gasteiger partial charge in [0.05, 0.1) is 5.41 Å². The molecule has 1 amide bonds. The topological polar surface area (TPSA) is 66.9 Å². The number of H-pyrrole nitrogens is 1. The molecule has 4 rings (SSSR count). The number of aromatic nitrogens is 2. The fourth-order valence-corrected chi connectivity index (χ4v) is 4.41. The monoisotopic (exact) mass is 375 g/mol. The third-order valence-electron chi connectivity index (χ3n) is 6.18. The average molecular weight is 375 g/mol. The predicted octanol–water partition coefficient (Wildman–Crippen LogP) is 3.50. The van der Waals surface area contributed by atoms with Crippen molar-refractivity contribution in [2.45, 2.75) is 25.2 Å². The van der Waals surface area contributed by atoms with E-state index < -0.39 is 5.41 Å². The van der Waals surface area contributed by atoms with E-state index in [1.54, 1.807) is 0 Å². The van der Waals surface area contributed by atoms with Crippen molar-refractivity contribution in [1.82, 2.24) is 14.9 Å². The summed E-state index contributed by atoms with van der Waals surface area (Å²) in [5.74, 6) is -0.0269. The largest absolute Gasteiger partial charge is 0.355 e. The molecule has 2 atom stereocenters. The Morgan fingerprint density at radius 1 is 1.25 bits per heavy atom. The third kappa shape index (κ3) is 2.78. The van der Waals surface area contributed by atoms with Crippen molar-refractivity contribution in [2.75, 3.05) is 6.54 Å². The zero-order valence-electron chi connectivity index (χ0n) is 16.3. The summed E-state index contributed by atoms with van der Waals surface area (Å²) in [6, 6.07) is 11.9. The Morgan fingerprint density at radius 3 is 2.82 bits per heavy atom. The van der Waals surface area contributed by atoms with Crippen molar-refractivity contribution in [2.24, 2.45) is 13.0 Å². The summed E-state index contributed by atoms with van der Waals surface area (Å²) in [7, 11) is 2.01. The molecule has 3 aromatic rings. The van der Waals surface area contributed by atoms with E-state index in [-0.39, 0.29) is 17.4 Å². The number of nitrogens with zero attached hydrogens (tertiary/aromatic N) is 1. The molecule has 0 saturated carbocycles. The summed E-state index contributed by atoms with van der Waals surface area (Å²) in [6.45, 7) is 6.33. The Labute approximate surface area is 164 Å². The molecule has 1 saturated heterocycles. The highest BCUT2D eigenvalue weighted by Crippen LogP contribution is 2.38. The maximum atomic E-state index is 13.0. The van der Waals surface area contributed by atoms with Gasteiger partial charge in [0.15, 0.2) is 0 Å². The average Bonchev–Trinajstić information content (AvgIpc) is 3.06. The summed E-state index contributed by atoms with van der Waals surface area (Å²) in [5, 5.41) is 4.05. The molecule has 28 heavy (non-hydrogen) atoms. The van der Waals surface area contributed by atoms with E-state index in [9.17, 15) is 9.59 Å². The molecule has 1 aliphatic rings. The fourth-order valence-electron chi connectivity index (χ4n) is 4.41. The first kappa shape index (κ1) is 18.3. The van der Waals surface area contributed by atoms with E-state index in [1.807, 2.05) is 50.5 Å². The van der Waals surface area contributed by atoms with Crippen LogP contribution in [0.1, 0.15) is 25.3 Å². The molecule has 1 unspecified atom stereocenters. The molecule has 2 N–H and O–H groups in total. The highest BCUT2D eigenvalue weighted by Gasteiger charge is 2.46. The van der Waals surface area contributed by atoms with Crippen LogP contribution in [-0.4, -0.2) is 22.0 Å². The zero-order valence-corrected chi connectivity index (χ0v) is 16.3. The number of hydrogen-bond acceptors (Lipinski definition) is 2. The first-order valence-corrected chi connectivity index (χ1v) is 9.63. The van der Waals surface area contributed by atoms with Crippen LogP contribution in [0.4, 0.5) is 0 Å². The Balaban J connectivity index is 1.77. The van der Waals surface area contributed by atoms with Crippen LogP contribution in [0.5, 0.6) is 0 Å². The van der Waals surface area contributed by atoms with Crippen LogP contribution >= 0.6 is 0 Å². The summed E-state index contributed by atoms with van der Waals surface area (Å²) < 4.78 is 2.06. The quantitative estimate of drug-likeness (QED) is 0.686. The predicted molar refractivity (Wildman–Crippen MR) is 112 cm³/mol. The van der Waals surface area contributed by atoms with Gasteiger partial charge in [0.2, 0.25) is 5.91 Å². The van der Waals surface area contributed by atoms with E-state index in [4.69, 9.17) is 0 Å². The minimum Gasteiger partial charge on any atom is -0.355 e. The fraction of sp³-hybridized carbons (Fsp3) is 0.304. The van der Waals surface area contributed by atoms with Gasteiger partial charge >= 0.3 is 0 Å². The Hall–Kier alpha value is -3.08. The van der Waals surface area contributed by atoms with Gasteiger partial charge in [-0.25, -0.2) is 0 Å². The number of benzene rings is 1. The maximum absolute atomic E-state index is 13.0. The number of amides is 1. The number of fused-ring (bicyclic) bond motifs is 1. The Kier molecular flexibility index (Phi) is 4.46. The number of aromatic amines is 1. The molecule has 0 radical (unpaired) electrons. The lowest BCUT2D eigenvalue weighted by Gasteiger charge is -2.39. The number of pyridine rings is 1. The molecular formula is C23H25N3O2. The lowest BCUT2D eigenvalue weighted by molar-refractivity contribution is -0.130. The van der Waals surface area contributed by atoms with E-state index in [0.717, 1.165) is 28.6 Å². The highest BCUT2D eigenvalue weighted by molar-refractivity contribution is 5.89. The second-order valence-electron chi connectivity index (χ2n) is 7.78. The number of rotatable bonds is 4. The minimum absolute atomic E-state index is 0.0615. The summed E-state index contributed by atoms with van der Waals surface area (Å²) in [4.78, 5) is 28.8. The van der Waals surface area contributed by atoms with Crippen LogP contribution < -0.4 is 10.9 Å². The molecule has 5 heteroatoms. The molecule has 2 aromatic heterocycles. The first-order chi connectivity index (χ1) is 13.4. The van der Waals surface area contributed by atoms with Gasteiger partial charge < -0.3 is 14.9 Å². The standard InChI is InChI=1S/C23H25N3O2/c1-4-5-17-10-12-24-22(28)23(17,2)18-7-8-19(25-21(18)27)15-6-9-20-16(14-15)11-13-26(20)3/h4,6-9,11,13-14,17H,1,5,10,12H2,2-3H3,(H,24,28)(H,25,27)/t17?,23-/m1/s1. The number of carbonyl (C=O) groups excluding carboxylic acids is 1. The lowest BCUT2D eigenvalue weighted by atomic mass is 9.67. The molecule has 144 valence electrons. The SMILES string of the molecule is C=CCC1CCNC(=O)[C@@]1(C)c1ccc(-c2ccc3c(ccn3C)c2)[nH]c1=O. The van der Waals surface area contributed by atoms with Crippen molar-refractivity contribution in [3.05, 3.63) is 71.2 Å². The molecule has 3 heterocycles. The van der Waals surface area contributed by atoms with Gasteiger partial charge in [0, 0.05) is 41.9 Å². The number of nitrogens with one attached hydrogen (secondary N) is 2. The maximum Gasteiger partial charge on any atom is 0.252 e. The van der Waals surface area contributed by atoms with Gasteiger partial charge in [-0.15, -0.1) is 6.58 Å². The number of piperidine rings is 1. The molecule has 1 aliphatic heterocycles. The molecule has 0 bridgehead atoms. The van der Waals surface area contributed by atoms with Gasteiger partial charge in [0.1, 0.15) is 0 Å². The Morgan fingerprint density at radius 2 is 2.07 bits per heavy atom. The molecular weight excluding hydrogens is 350 g/mol. The zero-order chi connectivity index (χ0) is 19.9. The molecule has 1 aromatic carbocycles. The summed E-state index contributed by atoms with van der Waals surface area (Å²) in [6.07, 6.45) is 5.39. The molecule has 0 aliphatic carbocycles. The number of aryl methyl sites for hydroxylation is 1. The number of hydrogen-bond donors (Lipinski definition) is 2. The van der Waals surface area contributed by atoms with E-state index in [1.165, 1.54) is 0 Å².